The second kappa shape index (κ2) is 9.56. The molecule has 1 aromatic heterocycles. The number of hydrogen-bond donors (Lipinski definition) is 3. The zero-order chi connectivity index (χ0) is 20.8. The van der Waals surface area contributed by atoms with Gasteiger partial charge in [0.05, 0.1) is 31.2 Å². The van der Waals surface area contributed by atoms with Gasteiger partial charge < -0.3 is 15.4 Å². The maximum atomic E-state index is 12.6. The Morgan fingerprint density at radius 3 is 2.76 bits per heavy atom. The smallest absolute Gasteiger partial charge is 0.255 e. The van der Waals surface area contributed by atoms with Crippen LogP contribution in [-0.4, -0.2) is 59.7 Å². The normalized spacial score (nSPS) is 17.2. The van der Waals surface area contributed by atoms with Gasteiger partial charge >= 0.3 is 0 Å². The van der Waals surface area contributed by atoms with Crippen LogP contribution in [-0.2, 0) is 4.79 Å². The fourth-order valence-electron chi connectivity index (χ4n) is 3.65. The molecule has 1 saturated heterocycles. The van der Waals surface area contributed by atoms with Crippen LogP contribution in [0.4, 0.5) is 5.69 Å². The van der Waals surface area contributed by atoms with Gasteiger partial charge in [-0.3, -0.25) is 19.6 Å². The number of nitrogens with zero attached hydrogens (tertiary/aromatic N) is 2. The molecule has 0 spiro atoms. The van der Waals surface area contributed by atoms with Crippen LogP contribution in [0.5, 0.6) is 5.75 Å². The van der Waals surface area contributed by atoms with Gasteiger partial charge in [0.2, 0.25) is 5.91 Å². The molecule has 2 amide bonds. The van der Waals surface area contributed by atoms with Gasteiger partial charge in [0.15, 0.2) is 0 Å². The maximum Gasteiger partial charge on any atom is 0.255 e. The molecule has 0 aliphatic carbocycles. The van der Waals surface area contributed by atoms with Crippen LogP contribution in [0.25, 0.3) is 0 Å². The number of H-pyrrole nitrogens is 1. The van der Waals surface area contributed by atoms with E-state index in [2.05, 4.69) is 25.7 Å². The fourth-order valence-corrected chi connectivity index (χ4v) is 3.65. The van der Waals surface area contributed by atoms with E-state index >= 15 is 0 Å². The molecule has 156 valence electrons. The SMILES string of the molecule is COc1ccc(C(=O)Nc2cn[nH]c2[C@H]2CCCN(CC(=O)NC(C)C)C2)cc1. The third kappa shape index (κ3) is 5.57. The number of ether oxygens (including phenoxy) is 1. The van der Waals surface area contributed by atoms with Gasteiger partial charge in [-0.1, -0.05) is 0 Å². The molecular formula is C21H29N5O3. The average Bonchev–Trinajstić information content (AvgIpc) is 3.15. The van der Waals surface area contributed by atoms with Crippen LogP contribution in [0, 0.1) is 0 Å². The van der Waals surface area contributed by atoms with Gasteiger partial charge in [-0.25, -0.2) is 0 Å². The summed E-state index contributed by atoms with van der Waals surface area (Å²) in [7, 11) is 1.59. The largest absolute Gasteiger partial charge is 0.497 e. The second-order valence-corrected chi connectivity index (χ2v) is 7.68. The van der Waals surface area contributed by atoms with E-state index in [9.17, 15) is 9.59 Å². The highest BCUT2D eigenvalue weighted by Gasteiger charge is 2.26. The topological polar surface area (TPSA) is 99.3 Å². The lowest BCUT2D eigenvalue weighted by atomic mass is 9.94. The van der Waals surface area contributed by atoms with Crippen molar-refractivity contribution in [1.29, 1.82) is 0 Å². The van der Waals surface area contributed by atoms with E-state index < -0.39 is 0 Å². The summed E-state index contributed by atoms with van der Waals surface area (Å²) in [6, 6.07) is 7.10. The van der Waals surface area contributed by atoms with Crippen molar-refractivity contribution in [3.63, 3.8) is 0 Å². The lowest BCUT2D eigenvalue weighted by Gasteiger charge is -2.32. The van der Waals surface area contributed by atoms with Crippen LogP contribution < -0.4 is 15.4 Å². The van der Waals surface area contributed by atoms with Crippen LogP contribution in [0.1, 0.15) is 48.7 Å². The number of piperidine rings is 1. The minimum Gasteiger partial charge on any atom is -0.497 e. The first-order valence-corrected chi connectivity index (χ1v) is 9.96. The first-order chi connectivity index (χ1) is 14.0. The lowest BCUT2D eigenvalue weighted by Crippen LogP contribution is -2.43. The molecule has 8 heteroatoms. The number of rotatable bonds is 7. The molecular weight excluding hydrogens is 370 g/mol. The Labute approximate surface area is 171 Å². The molecule has 1 atom stereocenters. The standard InChI is InChI=1S/C21H29N5O3/c1-14(2)23-19(27)13-26-10-4-5-16(12-26)20-18(11-22-25-20)24-21(28)15-6-8-17(29-3)9-7-15/h6-9,11,14,16H,4-5,10,12-13H2,1-3H3,(H,22,25)(H,23,27)(H,24,28)/t16-/m0/s1. The lowest BCUT2D eigenvalue weighted by molar-refractivity contribution is -0.123. The first-order valence-electron chi connectivity index (χ1n) is 9.96. The van der Waals surface area contributed by atoms with Crippen LogP contribution in [0.2, 0.25) is 0 Å². The summed E-state index contributed by atoms with van der Waals surface area (Å²) >= 11 is 0. The molecule has 29 heavy (non-hydrogen) atoms. The molecule has 8 nitrogen and oxygen atoms in total. The zero-order valence-corrected chi connectivity index (χ0v) is 17.2. The summed E-state index contributed by atoms with van der Waals surface area (Å²) in [5, 5.41) is 13.1. The van der Waals surface area contributed by atoms with E-state index in [-0.39, 0.29) is 23.8 Å². The molecule has 0 unspecified atom stereocenters. The van der Waals surface area contributed by atoms with Gasteiger partial charge in [0.25, 0.3) is 5.91 Å². The van der Waals surface area contributed by atoms with Crippen molar-refractivity contribution >= 4 is 17.5 Å². The number of benzene rings is 1. The van der Waals surface area contributed by atoms with E-state index in [1.54, 1.807) is 37.6 Å². The quantitative estimate of drug-likeness (QED) is 0.664. The average molecular weight is 399 g/mol. The number of amides is 2. The Kier molecular flexibility index (Phi) is 6.87. The molecule has 0 bridgehead atoms. The number of methoxy groups -OCH3 is 1. The molecule has 3 rings (SSSR count). The molecule has 1 aromatic carbocycles. The van der Waals surface area contributed by atoms with Crippen molar-refractivity contribution in [3.05, 3.63) is 41.7 Å². The number of carbonyl (C=O) groups is 2. The van der Waals surface area contributed by atoms with Gasteiger partial charge in [-0.15, -0.1) is 0 Å². The van der Waals surface area contributed by atoms with Crippen LogP contribution in [0.15, 0.2) is 30.5 Å². The van der Waals surface area contributed by atoms with Crippen molar-refractivity contribution in [1.82, 2.24) is 20.4 Å². The van der Waals surface area contributed by atoms with Crippen molar-refractivity contribution in [2.75, 3.05) is 32.1 Å². The highest BCUT2D eigenvalue weighted by molar-refractivity contribution is 6.04. The fraction of sp³-hybridized carbons (Fsp3) is 0.476. The Balaban J connectivity index is 1.64. The van der Waals surface area contributed by atoms with E-state index in [0.29, 0.717) is 23.5 Å². The summed E-state index contributed by atoms with van der Waals surface area (Å²) in [6.07, 6.45) is 3.61. The number of nitrogens with one attached hydrogen (secondary N) is 3. The Morgan fingerprint density at radius 2 is 2.07 bits per heavy atom. The number of aromatic amines is 1. The van der Waals surface area contributed by atoms with E-state index in [0.717, 1.165) is 31.6 Å². The van der Waals surface area contributed by atoms with Crippen LogP contribution >= 0.6 is 0 Å². The van der Waals surface area contributed by atoms with Crippen molar-refractivity contribution in [2.24, 2.45) is 0 Å². The molecule has 3 N–H and O–H groups in total. The number of anilines is 1. The molecule has 2 heterocycles. The molecule has 1 aliphatic rings. The monoisotopic (exact) mass is 399 g/mol. The zero-order valence-electron chi connectivity index (χ0n) is 17.2. The predicted molar refractivity (Wildman–Crippen MR) is 111 cm³/mol. The van der Waals surface area contributed by atoms with E-state index in [1.165, 1.54) is 0 Å². The highest BCUT2D eigenvalue weighted by atomic mass is 16.5. The van der Waals surface area contributed by atoms with E-state index in [1.807, 2.05) is 13.8 Å². The van der Waals surface area contributed by atoms with Gasteiger partial charge in [0.1, 0.15) is 5.75 Å². The third-order valence-corrected chi connectivity index (χ3v) is 5.00. The second-order valence-electron chi connectivity index (χ2n) is 7.68. The number of hydrogen-bond acceptors (Lipinski definition) is 5. The number of likely N-dealkylation sites (tertiary alicyclic amines) is 1. The van der Waals surface area contributed by atoms with Gasteiger partial charge in [-0.05, 0) is 57.5 Å². The summed E-state index contributed by atoms with van der Waals surface area (Å²) < 4.78 is 5.13. The Hall–Kier alpha value is -2.87. The summed E-state index contributed by atoms with van der Waals surface area (Å²) in [5.74, 6) is 0.733. The predicted octanol–water partition coefficient (Wildman–Crippen LogP) is 2.37. The Morgan fingerprint density at radius 1 is 1.31 bits per heavy atom. The Bertz CT molecular complexity index is 831. The number of carbonyl (C=O) groups excluding carboxylic acids is 2. The summed E-state index contributed by atoms with van der Waals surface area (Å²) in [5.41, 5.74) is 2.14. The van der Waals surface area contributed by atoms with Gasteiger partial charge in [-0.2, -0.15) is 5.10 Å². The van der Waals surface area contributed by atoms with Crippen molar-refractivity contribution in [2.45, 2.75) is 38.6 Å². The molecule has 1 fully saturated rings. The number of aromatic nitrogens is 2. The molecule has 0 radical (unpaired) electrons. The van der Waals surface area contributed by atoms with E-state index in [4.69, 9.17) is 4.74 Å². The summed E-state index contributed by atoms with van der Waals surface area (Å²) in [6.45, 7) is 5.94. The molecule has 2 aromatic rings. The van der Waals surface area contributed by atoms with Crippen molar-refractivity contribution < 1.29 is 14.3 Å². The molecule has 0 saturated carbocycles. The molecule has 1 aliphatic heterocycles. The minimum absolute atomic E-state index is 0.0401. The van der Waals surface area contributed by atoms with Crippen molar-refractivity contribution in [3.8, 4) is 5.75 Å². The van der Waals surface area contributed by atoms with Crippen LogP contribution in [0.3, 0.4) is 0 Å². The summed E-state index contributed by atoms with van der Waals surface area (Å²) in [4.78, 5) is 26.8. The van der Waals surface area contributed by atoms with Gasteiger partial charge in [0, 0.05) is 24.1 Å². The minimum atomic E-state index is -0.195. The first kappa shape index (κ1) is 20.9. The third-order valence-electron chi connectivity index (χ3n) is 5.00. The highest BCUT2D eigenvalue weighted by Crippen LogP contribution is 2.30. The maximum absolute atomic E-state index is 12.6.